The Kier molecular flexibility index (Phi) is 2.40. The van der Waals surface area contributed by atoms with Gasteiger partial charge < -0.3 is 19.1 Å². The molecule has 0 saturated carbocycles. The van der Waals surface area contributed by atoms with Gasteiger partial charge in [0.2, 0.25) is 11.3 Å². The van der Waals surface area contributed by atoms with E-state index in [1.54, 1.807) is 12.1 Å². The number of benzene rings is 1. The molecule has 6 nitrogen and oxygen atoms in total. The second-order valence-corrected chi connectivity index (χ2v) is 3.01. The summed E-state index contributed by atoms with van der Waals surface area (Å²) < 4.78 is 15.1. The average molecular weight is 223 g/mol. The minimum absolute atomic E-state index is 0.143. The van der Waals surface area contributed by atoms with Crippen LogP contribution >= 0.6 is 0 Å². The van der Waals surface area contributed by atoms with Gasteiger partial charge in [0.15, 0.2) is 11.4 Å². The number of carboxylic acid groups (broad SMARTS) is 1. The van der Waals surface area contributed by atoms with Crippen LogP contribution < -0.4 is 9.47 Å². The Morgan fingerprint density at radius 1 is 1.38 bits per heavy atom. The topological polar surface area (TPSA) is 81.8 Å². The van der Waals surface area contributed by atoms with Crippen molar-refractivity contribution in [3.8, 4) is 11.5 Å². The van der Waals surface area contributed by atoms with Crippen LogP contribution in [0, 0.1) is 0 Å². The van der Waals surface area contributed by atoms with Gasteiger partial charge in [-0.25, -0.2) is 4.79 Å². The molecule has 0 aliphatic rings. The maximum atomic E-state index is 10.8. The zero-order valence-electron chi connectivity index (χ0n) is 8.68. The number of aromatic carboxylic acids is 1. The number of carbonyl (C=O) groups is 1. The quantitative estimate of drug-likeness (QED) is 0.849. The van der Waals surface area contributed by atoms with E-state index in [9.17, 15) is 4.79 Å². The summed E-state index contributed by atoms with van der Waals surface area (Å²) in [6, 6.07) is 3.17. The van der Waals surface area contributed by atoms with Crippen molar-refractivity contribution in [2.45, 2.75) is 0 Å². The smallest absolute Gasteiger partial charge is 0.358 e. The van der Waals surface area contributed by atoms with E-state index in [1.165, 1.54) is 14.2 Å². The number of carboxylic acids is 1. The molecule has 0 unspecified atom stereocenters. The zero-order chi connectivity index (χ0) is 11.7. The lowest BCUT2D eigenvalue weighted by Gasteiger charge is -2.05. The number of methoxy groups -OCH3 is 2. The van der Waals surface area contributed by atoms with Crippen LogP contribution in [0.4, 0.5) is 0 Å². The number of nitrogens with zero attached hydrogens (tertiary/aromatic N) is 1. The normalized spacial score (nSPS) is 10.4. The number of fused-ring (bicyclic) bond motifs is 1. The Balaban J connectivity index is 2.75. The molecular formula is C10H9NO5. The van der Waals surface area contributed by atoms with Gasteiger partial charge >= 0.3 is 5.97 Å². The number of aromatic nitrogens is 1. The summed E-state index contributed by atoms with van der Waals surface area (Å²) in [6.07, 6.45) is 0. The van der Waals surface area contributed by atoms with E-state index in [2.05, 4.69) is 5.16 Å². The minimum atomic E-state index is -1.15. The van der Waals surface area contributed by atoms with Gasteiger partial charge in [-0.3, -0.25) is 0 Å². The molecule has 1 aromatic carbocycles. The number of ether oxygens (including phenoxy) is 2. The lowest BCUT2D eigenvalue weighted by Crippen LogP contribution is -1.96. The highest BCUT2D eigenvalue weighted by atomic mass is 16.5. The van der Waals surface area contributed by atoms with Crippen molar-refractivity contribution in [1.29, 1.82) is 0 Å². The van der Waals surface area contributed by atoms with Gasteiger partial charge in [0.05, 0.1) is 19.6 Å². The molecule has 6 heteroatoms. The molecule has 0 aliphatic carbocycles. The van der Waals surface area contributed by atoms with Gasteiger partial charge in [-0.05, 0) is 12.1 Å². The summed E-state index contributed by atoms with van der Waals surface area (Å²) in [5.41, 5.74) is 0.121. The molecule has 2 rings (SSSR count). The van der Waals surface area contributed by atoms with Crippen molar-refractivity contribution in [2.75, 3.05) is 14.2 Å². The van der Waals surface area contributed by atoms with Crippen LogP contribution in [-0.2, 0) is 0 Å². The first-order chi connectivity index (χ1) is 7.69. The molecule has 0 amide bonds. The molecule has 0 radical (unpaired) electrons. The first kappa shape index (κ1) is 10.3. The molecule has 16 heavy (non-hydrogen) atoms. The number of rotatable bonds is 3. The van der Waals surface area contributed by atoms with Gasteiger partial charge in [0.1, 0.15) is 0 Å². The highest BCUT2D eigenvalue weighted by Gasteiger charge is 2.20. The van der Waals surface area contributed by atoms with E-state index in [4.69, 9.17) is 19.1 Å². The van der Waals surface area contributed by atoms with E-state index in [0.717, 1.165) is 0 Å². The van der Waals surface area contributed by atoms with E-state index in [1.807, 2.05) is 0 Å². The van der Waals surface area contributed by atoms with Crippen LogP contribution in [0.3, 0.4) is 0 Å². The number of hydrogen-bond donors (Lipinski definition) is 1. The standard InChI is InChI=1S/C10H9NO5/c1-14-6-4-3-5-7(10(12)13)11-16-8(5)9(6)15-2/h3-4H,1-2H3,(H,12,13). The largest absolute Gasteiger partial charge is 0.493 e. The van der Waals surface area contributed by atoms with E-state index in [-0.39, 0.29) is 11.3 Å². The van der Waals surface area contributed by atoms with Crippen LogP contribution in [0.15, 0.2) is 16.7 Å². The van der Waals surface area contributed by atoms with Crippen molar-refractivity contribution in [2.24, 2.45) is 0 Å². The van der Waals surface area contributed by atoms with E-state index < -0.39 is 5.97 Å². The molecule has 0 bridgehead atoms. The van der Waals surface area contributed by atoms with Gasteiger partial charge in [0, 0.05) is 0 Å². The lowest BCUT2D eigenvalue weighted by molar-refractivity contribution is 0.0688. The molecule has 1 N–H and O–H groups in total. The lowest BCUT2D eigenvalue weighted by atomic mass is 10.2. The molecule has 2 aromatic rings. The molecule has 1 aromatic heterocycles. The van der Waals surface area contributed by atoms with Crippen molar-refractivity contribution in [1.82, 2.24) is 5.16 Å². The molecular weight excluding hydrogens is 214 g/mol. The van der Waals surface area contributed by atoms with Crippen molar-refractivity contribution in [3.05, 3.63) is 17.8 Å². The van der Waals surface area contributed by atoms with Crippen LogP contribution in [-0.4, -0.2) is 30.5 Å². The second-order valence-electron chi connectivity index (χ2n) is 3.01. The zero-order valence-corrected chi connectivity index (χ0v) is 8.68. The van der Waals surface area contributed by atoms with Gasteiger partial charge in [-0.15, -0.1) is 0 Å². The monoisotopic (exact) mass is 223 g/mol. The third-order valence-electron chi connectivity index (χ3n) is 2.19. The highest BCUT2D eigenvalue weighted by molar-refractivity contribution is 6.02. The Bertz CT molecular complexity index is 545. The molecule has 0 saturated heterocycles. The summed E-state index contributed by atoms with van der Waals surface area (Å²) >= 11 is 0. The predicted octanol–water partition coefficient (Wildman–Crippen LogP) is 1.54. The molecule has 0 spiro atoms. The van der Waals surface area contributed by atoms with Crippen LogP contribution in [0.2, 0.25) is 0 Å². The summed E-state index contributed by atoms with van der Waals surface area (Å²) in [6.45, 7) is 0. The Morgan fingerprint density at radius 3 is 2.69 bits per heavy atom. The molecule has 84 valence electrons. The second kappa shape index (κ2) is 3.73. The number of hydrogen-bond acceptors (Lipinski definition) is 5. The summed E-state index contributed by atoms with van der Waals surface area (Å²) in [5, 5.41) is 12.7. The van der Waals surface area contributed by atoms with E-state index >= 15 is 0 Å². The Labute approximate surface area is 90.4 Å². The minimum Gasteiger partial charge on any atom is -0.493 e. The van der Waals surface area contributed by atoms with Crippen LogP contribution in [0.25, 0.3) is 11.0 Å². The van der Waals surface area contributed by atoms with Crippen LogP contribution in [0.1, 0.15) is 10.5 Å². The average Bonchev–Trinajstić information content (AvgIpc) is 2.71. The third kappa shape index (κ3) is 1.35. The highest BCUT2D eigenvalue weighted by Crippen LogP contribution is 2.36. The fourth-order valence-corrected chi connectivity index (χ4v) is 1.47. The first-order valence-corrected chi connectivity index (χ1v) is 4.42. The SMILES string of the molecule is COc1ccc2c(C(=O)O)noc2c1OC. The predicted molar refractivity (Wildman–Crippen MR) is 54.1 cm³/mol. The van der Waals surface area contributed by atoms with Crippen molar-refractivity contribution < 1.29 is 23.9 Å². The molecule has 0 aliphatic heterocycles. The molecule has 0 atom stereocenters. The maximum Gasteiger partial charge on any atom is 0.358 e. The molecule has 1 heterocycles. The van der Waals surface area contributed by atoms with Gasteiger partial charge in [-0.2, -0.15) is 0 Å². The summed E-state index contributed by atoms with van der Waals surface area (Å²) in [4.78, 5) is 10.8. The maximum absolute atomic E-state index is 10.8. The van der Waals surface area contributed by atoms with E-state index in [0.29, 0.717) is 16.9 Å². The van der Waals surface area contributed by atoms with Crippen LogP contribution in [0.5, 0.6) is 11.5 Å². The van der Waals surface area contributed by atoms with Gasteiger partial charge in [-0.1, -0.05) is 5.16 Å². The van der Waals surface area contributed by atoms with Gasteiger partial charge in [0.25, 0.3) is 0 Å². The Hall–Kier alpha value is -2.24. The van der Waals surface area contributed by atoms with Crippen molar-refractivity contribution >= 4 is 16.9 Å². The summed E-state index contributed by atoms with van der Waals surface area (Å²) in [5.74, 6) is -0.353. The fourth-order valence-electron chi connectivity index (χ4n) is 1.47. The Morgan fingerprint density at radius 2 is 2.12 bits per heavy atom. The fraction of sp³-hybridized carbons (Fsp3) is 0.200. The third-order valence-corrected chi connectivity index (χ3v) is 2.19. The first-order valence-electron chi connectivity index (χ1n) is 4.42. The summed E-state index contributed by atoms with van der Waals surface area (Å²) in [7, 11) is 2.93. The molecule has 0 fully saturated rings. The van der Waals surface area contributed by atoms with Crippen molar-refractivity contribution in [3.63, 3.8) is 0 Å².